The molecule has 4 nitrogen and oxygen atoms in total. The molecule has 118 valence electrons. The first kappa shape index (κ1) is 17.4. The van der Waals surface area contributed by atoms with Gasteiger partial charge in [0.2, 0.25) is 5.91 Å². The van der Waals surface area contributed by atoms with Crippen molar-refractivity contribution in [1.29, 1.82) is 0 Å². The summed E-state index contributed by atoms with van der Waals surface area (Å²) in [7, 11) is 0. The fourth-order valence-corrected chi connectivity index (χ4v) is 3.34. The van der Waals surface area contributed by atoms with Crippen molar-refractivity contribution in [3.63, 3.8) is 0 Å². The van der Waals surface area contributed by atoms with E-state index in [1.807, 2.05) is 0 Å². The van der Waals surface area contributed by atoms with Crippen LogP contribution in [-0.4, -0.2) is 49.1 Å². The van der Waals surface area contributed by atoms with E-state index in [0.717, 1.165) is 45.4 Å². The van der Waals surface area contributed by atoms with Gasteiger partial charge in [-0.25, -0.2) is 0 Å². The molecule has 0 bridgehead atoms. The minimum absolute atomic E-state index is 0.157. The maximum absolute atomic E-state index is 12.5. The zero-order valence-electron chi connectivity index (χ0n) is 14.0. The van der Waals surface area contributed by atoms with Crippen LogP contribution < -0.4 is 10.6 Å². The Balaban J connectivity index is 2.45. The van der Waals surface area contributed by atoms with E-state index in [0.29, 0.717) is 12.1 Å². The van der Waals surface area contributed by atoms with Crippen molar-refractivity contribution in [2.75, 3.05) is 26.2 Å². The second-order valence-electron chi connectivity index (χ2n) is 6.64. The summed E-state index contributed by atoms with van der Waals surface area (Å²) < 4.78 is 0. The number of carbonyl (C=O) groups excluding carboxylic acids is 1. The van der Waals surface area contributed by atoms with Gasteiger partial charge >= 0.3 is 0 Å². The fraction of sp³-hybridized carbons (Fsp3) is 0.938. The Morgan fingerprint density at radius 2 is 1.95 bits per heavy atom. The summed E-state index contributed by atoms with van der Waals surface area (Å²) in [6.45, 7) is 14.5. The minimum Gasteiger partial charge on any atom is -0.354 e. The van der Waals surface area contributed by atoms with E-state index < -0.39 is 0 Å². The van der Waals surface area contributed by atoms with Crippen LogP contribution in [0.3, 0.4) is 0 Å². The third-order valence-electron chi connectivity index (χ3n) is 4.44. The van der Waals surface area contributed by atoms with Crippen LogP contribution in [0.2, 0.25) is 0 Å². The average molecular weight is 283 g/mol. The molecule has 0 aromatic carbocycles. The van der Waals surface area contributed by atoms with E-state index in [1.54, 1.807) is 0 Å². The molecule has 1 amide bonds. The molecule has 0 aliphatic carbocycles. The van der Waals surface area contributed by atoms with Crippen LogP contribution in [0.15, 0.2) is 0 Å². The normalized spacial score (nSPS) is 23.0. The van der Waals surface area contributed by atoms with Crippen LogP contribution in [-0.2, 0) is 4.79 Å². The quantitative estimate of drug-likeness (QED) is 0.716. The summed E-state index contributed by atoms with van der Waals surface area (Å²) in [4.78, 5) is 14.9. The second-order valence-corrected chi connectivity index (χ2v) is 6.64. The number of nitrogens with one attached hydrogen (secondary N) is 2. The third kappa shape index (κ3) is 4.45. The second kappa shape index (κ2) is 7.99. The van der Waals surface area contributed by atoms with Gasteiger partial charge in [0.25, 0.3) is 0 Å². The molecule has 0 aromatic heterocycles. The van der Waals surface area contributed by atoms with Gasteiger partial charge in [-0.15, -0.1) is 0 Å². The highest BCUT2D eigenvalue weighted by Gasteiger charge is 2.39. The van der Waals surface area contributed by atoms with Crippen LogP contribution in [0, 0.1) is 5.41 Å². The molecule has 4 heteroatoms. The monoisotopic (exact) mass is 283 g/mol. The summed E-state index contributed by atoms with van der Waals surface area (Å²) in [5.41, 5.74) is -0.157. The third-order valence-corrected chi connectivity index (χ3v) is 4.44. The smallest absolute Gasteiger partial charge is 0.227 e. The standard InChI is InChI=1S/C16H33N3O/c1-6-7-16(8-9-17-12-16)15(20)18-10-11-19(13(2)3)14(4)5/h13-14,17H,6-12H2,1-5H3,(H,18,20). The lowest BCUT2D eigenvalue weighted by molar-refractivity contribution is -0.130. The van der Waals surface area contributed by atoms with Gasteiger partial charge < -0.3 is 10.6 Å². The van der Waals surface area contributed by atoms with Crippen LogP contribution in [0.5, 0.6) is 0 Å². The van der Waals surface area contributed by atoms with Gasteiger partial charge in [-0.2, -0.15) is 0 Å². The van der Waals surface area contributed by atoms with E-state index in [4.69, 9.17) is 0 Å². The number of rotatable bonds is 8. The molecule has 1 rings (SSSR count). The predicted molar refractivity (Wildman–Crippen MR) is 84.8 cm³/mol. The average Bonchev–Trinajstić information content (AvgIpc) is 2.83. The summed E-state index contributed by atoms with van der Waals surface area (Å²) in [6, 6.07) is 1.04. The number of carbonyl (C=O) groups is 1. The molecule has 1 fully saturated rings. The maximum atomic E-state index is 12.5. The fourth-order valence-electron chi connectivity index (χ4n) is 3.34. The lowest BCUT2D eigenvalue weighted by atomic mass is 9.81. The van der Waals surface area contributed by atoms with E-state index in [9.17, 15) is 4.79 Å². The summed E-state index contributed by atoms with van der Waals surface area (Å²) in [6.07, 6.45) is 3.04. The van der Waals surface area contributed by atoms with Crippen molar-refractivity contribution in [2.24, 2.45) is 5.41 Å². The topological polar surface area (TPSA) is 44.4 Å². The number of amides is 1. The molecule has 2 N–H and O–H groups in total. The summed E-state index contributed by atoms with van der Waals surface area (Å²) in [5, 5.41) is 6.51. The largest absolute Gasteiger partial charge is 0.354 e. The molecular weight excluding hydrogens is 250 g/mol. The molecule has 1 aliphatic heterocycles. The lowest BCUT2D eigenvalue weighted by Gasteiger charge is -2.31. The molecule has 1 unspecified atom stereocenters. The summed E-state index contributed by atoms with van der Waals surface area (Å²) >= 11 is 0. The minimum atomic E-state index is -0.157. The molecule has 1 saturated heterocycles. The van der Waals surface area contributed by atoms with E-state index in [2.05, 4.69) is 50.2 Å². The van der Waals surface area contributed by atoms with Crippen molar-refractivity contribution in [3.8, 4) is 0 Å². The molecule has 0 radical (unpaired) electrons. The Morgan fingerprint density at radius 1 is 1.30 bits per heavy atom. The van der Waals surface area contributed by atoms with Gasteiger partial charge in [0, 0.05) is 31.7 Å². The predicted octanol–water partition coefficient (Wildman–Crippen LogP) is 2.00. The number of hydrogen-bond donors (Lipinski definition) is 2. The van der Waals surface area contributed by atoms with Crippen molar-refractivity contribution in [3.05, 3.63) is 0 Å². The van der Waals surface area contributed by atoms with Gasteiger partial charge in [0.15, 0.2) is 0 Å². The Hall–Kier alpha value is -0.610. The van der Waals surface area contributed by atoms with E-state index >= 15 is 0 Å². The number of nitrogens with zero attached hydrogens (tertiary/aromatic N) is 1. The van der Waals surface area contributed by atoms with E-state index in [-0.39, 0.29) is 11.3 Å². The zero-order chi connectivity index (χ0) is 15.2. The highest BCUT2D eigenvalue weighted by Crippen LogP contribution is 2.31. The zero-order valence-corrected chi connectivity index (χ0v) is 14.0. The molecular formula is C16H33N3O. The Labute approximate surface area is 124 Å². The Bertz CT molecular complexity index is 288. The van der Waals surface area contributed by atoms with Crippen LogP contribution in [0.25, 0.3) is 0 Å². The first-order valence-corrected chi connectivity index (χ1v) is 8.17. The van der Waals surface area contributed by atoms with Crippen molar-refractivity contribution in [2.45, 2.75) is 66.0 Å². The molecule has 0 saturated carbocycles. The van der Waals surface area contributed by atoms with Gasteiger partial charge in [-0.1, -0.05) is 13.3 Å². The molecule has 0 aromatic rings. The van der Waals surface area contributed by atoms with Gasteiger partial charge in [0.1, 0.15) is 0 Å². The van der Waals surface area contributed by atoms with Gasteiger partial charge in [-0.05, 0) is 47.1 Å². The maximum Gasteiger partial charge on any atom is 0.227 e. The highest BCUT2D eigenvalue weighted by atomic mass is 16.2. The van der Waals surface area contributed by atoms with Crippen molar-refractivity contribution < 1.29 is 4.79 Å². The molecule has 20 heavy (non-hydrogen) atoms. The summed E-state index contributed by atoms with van der Waals surface area (Å²) in [5.74, 6) is 0.247. The Kier molecular flexibility index (Phi) is 6.96. The molecule has 1 atom stereocenters. The van der Waals surface area contributed by atoms with Crippen LogP contribution >= 0.6 is 0 Å². The van der Waals surface area contributed by atoms with Gasteiger partial charge in [0.05, 0.1) is 5.41 Å². The SMILES string of the molecule is CCCC1(C(=O)NCCN(C(C)C)C(C)C)CCNC1. The van der Waals surface area contributed by atoms with Crippen molar-refractivity contribution in [1.82, 2.24) is 15.5 Å². The first-order chi connectivity index (χ1) is 9.43. The van der Waals surface area contributed by atoms with E-state index in [1.165, 1.54) is 0 Å². The molecule has 0 spiro atoms. The number of hydrogen-bond acceptors (Lipinski definition) is 3. The van der Waals surface area contributed by atoms with Gasteiger partial charge in [-0.3, -0.25) is 9.69 Å². The highest BCUT2D eigenvalue weighted by molar-refractivity contribution is 5.83. The first-order valence-electron chi connectivity index (χ1n) is 8.17. The molecule has 1 heterocycles. The van der Waals surface area contributed by atoms with Crippen LogP contribution in [0.1, 0.15) is 53.9 Å². The Morgan fingerprint density at radius 3 is 2.40 bits per heavy atom. The lowest BCUT2D eigenvalue weighted by Crippen LogP contribution is -2.47. The molecule has 1 aliphatic rings. The van der Waals surface area contributed by atoms with Crippen LogP contribution in [0.4, 0.5) is 0 Å². The van der Waals surface area contributed by atoms with Crippen molar-refractivity contribution >= 4 is 5.91 Å².